The Kier molecular flexibility index (Phi) is 6.11. The number of rotatable bonds is 4. The van der Waals surface area contributed by atoms with Crippen molar-refractivity contribution in [2.45, 2.75) is 19.4 Å². The molecule has 0 radical (unpaired) electrons. The quantitative estimate of drug-likeness (QED) is 0.575. The molecule has 2 atom stereocenters. The van der Waals surface area contributed by atoms with E-state index < -0.39 is 45.9 Å². The summed E-state index contributed by atoms with van der Waals surface area (Å²) >= 11 is 0. The van der Waals surface area contributed by atoms with E-state index in [9.17, 15) is 18.0 Å². The first-order valence-electron chi connectivity index (χ1n) is 10.4. The van der Waals surface area contributed by atoms with Crippen molar-refractivity contribution >= 4 is 17.4 Å². The Bertz CT molecular complexity index is 1180. The van der Waals surface area contributed by atoms with E-state index in [1.165, 1.54) is 6.20 Å². The van der Waals surface area contributed by atoms with Crippen molar-refractivity contribution in [3.05, 3.63) is 65.4 Å². The zero-order valence-corrected chi connectivity index (χ0v) is 18.1. The van der Waals surface area contributed by atoms with E-state index in [1.807, 2.05) is 4.90 Å². The summed E-state index contributed by atoms with van der Waals surface area (Å²) in [5, 5.41) is 6.77. The molecule has 0 unspecified atom stereocenters. The summed E-state index contributed by atoms with van der Waals surface area (Å²) in [5.41, 5.74) is 4.07. The third kappa shape index (κ3) is 4.30. The smallest absolute Gasteiger partial charge is 0.258 e. The summed E-state index contributed by atoms with van der Waals surface area (Å²) in [5.74, 6) is -4.84. The zero-order chi connectivity index (χ0) is 23.9. The van der Waals surface area contributed by atoms with E-state index in [2.05, 4.69) is 17.3 Å². The van der Waals surface area contributed by atoms with E-state index in [1.54, 1.807) is 11.7 Å². The number of piperidine rings is 1. The third-order valence-electron chi connectivity index (χ3n) is 5.70. The van der Waals surface area contributed by atoms with Crippen molar-refractivity contribution in [1.82, 2.24) is 9.78 Å². The highest BCUT2D eigenvalue weighted by Crippen LogP contribution is 2.34. The van der Waals surface area contributed by atoms with Crippen molar-refractivity contribution in [2.75, 3.05) is 23.3 Å². The van der Waals surface area contributed by atoms with Gasteiger partial charge in [0.25, 0.3) is 5.91 Å². The molecule has 3 N–H and O–H groups in total. The maximum absolute atomic E-state index is 15.2. The van der Waals surface area contributed by atoms with Gasteiger partial charge in [0.1, 0.15) is 29.0 Å². The first-order valence-corrected chi connectivity index (χ1v) is 10.4. The molecule has 1 amide bonds. The monoisotopic (exact) mass is 461 g/mol. The van der Waals surface area contributed by atoms with Gasteiger partial charge in [-0.05, 0) is 36.6 Å². The molecule has 4 rings (SSSR count). The Balaban J connectivity index is 1.69. The van der Waals surface area contributed by atoms with Crippen molar-refractivity contribution in [3.8, 4) is 11.1 Å². The number of anilines is 2. The number of carbonyl (C=O) groups excluding carboxylic acids is 1. The van der Waals surface area contributed by atoms with E-state index in [0.717, 1.165) is 36.8 Å². The molecule has 10 heteroatoms. The van der Waals surface area contributed by atoms with Crippen molar-refractivity contribution in [3.63, 3.8) is 0 Å². The molecule has 1 aliphatic rings. The summed E-state index contributed by atoms with van der Waals surface area (Å²) in [6.45, 7) is 3.31. The molecule has 2 aromatic carbocycles. The molecule has 1 aromatic heterocycles. The second-order valence-corrected chi connectivity index (χ2v) is 8.35. The van der Waals surface area contributed by atoms with Crippen LogP contribution in [0.4, 0.5) is 29.1 Å². The highest BCUT2D eigenvalue weighted by Gasteiger charge is 2.28. The van der Waals surface area contributed by atoms with Gasteiger partial charge in [0.15, 0.2) is 5.82 Å². The molecule has 33 heavy (non-hydrogen) atoms. The van der Waals surface area contributed by atoms with Gasteiger partial charge in [0.05, 0.1) is 22.9 Å². The van der Waals surface area contributed by atoms with Gasteiger partial charge in [-0.3, -0.25) is 9.48 Å². The lowest BCUT2D eigenvalue weighted by Gasteiger charge is -2.36. The standard InChI is InChI=1S/C23H23F4N5O/c1-12-8-13(28)11-32(10-12)23-18(9-29-31(23)2)30-22(33)14-6-7-17(26)20(21(14)27)19-15(24)4-3-5-16(19)25/h3-7,9,12-13H,8,10-11,28H2,1-2H3,(H,30,33)/t12-,13+/m1/s1. The second kappa shape index (κ2) is 8.86. The number of hydrogen-bond donors (Lipinski definition) is 2. The van der Waals surface area contributed by atoms with Crippen molar-refractivity contribution in [1.29, 1.82) is 0 Å². The number of carbonyl (C=O) groups is 1. The Hall–Kier alpha value is -3.40. The van der Waals surface area contributed by atoms with Crippen molar-refractivity contribution in [2.24, 2.45) is 18.7 Å². The molecule has 0 bridgehead atoms. The van der Waals surface area contributed by atoms with Crippen molar-refractivity contribution < 1.29 is 22.4 Å². The molecule has 1 aliphatic heterocycles. The number of aromatic nitrogens is 2. The summed E-state index contributed by atoms with van der Waals surface area (Å²) in [4.78, 5) is 14.9. The van der Waals surface area contributed by atoms with Gasteiger partial charge in [-0.1, -0.05) is 13.0 Å². The van der Waals surface area contributed by atoms with Gasteiger partial charge in [0.2, 0.25) is 0 Å². The number of nitrogens with one attached hydrogen (secondary N) is 1. The highest BCUT2D eigenvalue weighted by molar-refractivity contribution is 6.06. The molecule has 174 valence electrons. The molecule has 6 nitrogen and oxygen atoms in total. The lowest BCUT2D eigenvalue weighted by Crippen LogP contribution is -2.47. The van der Waals surface area contributed by atoms with Gasteiger partial charge in [-0.15, -0.1) is 0 Å². The first-order chi connectivity index (χ1) is 15.7. The number of aryl methyl sites for hydroxylation is 1. The summed E-state index contributed by atoms with van der Waals surface area (Å²) < 4.78 is 59.6. The Morgan fingerprint density at radius 1 is 1.06 bits per heavy atom. The number of amides is 1. The molecule has 0 spiro atoms. The number of nitrogens with zero attached hydrogens (tertiary/aromatic N) is 3. The Morgan fingerprint density at radius 3 is 2.39 bits per heavy atom. The lowest BCUT2D eigenvalue weighted by atomic mass is 9.96. The lowest BCUT2D eigenvalue weighted by molar-refractivity contribution is 0.102. The molecule has 1 fully saturated rings. The minimum atomic E-state index is -1.37. The largest absolute Gasteiger partial charge is 0.353 e. The van der Waals surface area contributed by atoms with E-state index in [-0.39, 0.29) is 6.04 Å². The average molecular weight is 461 g/mol. The highest BCUT2D eigenvalue weighted by atomic mass is 19.1. The first kappa shape index (κ1) is 22.8. The van der Waals surface area contributed by atoms with Crippen LogP contribution in [0.15, 0.2) is 36.5 Å². The summed E-state index contributed by atoms with van der Waals surface area (Å²) in [6, 6.07) is 4.52. The van der Waals surface area contributed by atoms with Crippen LogP contribution >= 0.6 is 0 Å². The molecule has 0 saturated carbocycles. The van der Waals surface area contributed by atoms with Crippen LogP contribution in [0, 0.1) is 29.2 Å². The maximum Gasteiger partial charge on any atom is 0.258 e. The van der Waals surface area contributed by atoms with Crippen LogP contribution in [0.2, 0.25) is 0 Å². The van der Waals surface area contributed by atoms with Crippen LogP contribution in [0.3, 0.4) is 0 Å². The van der Waals surface area contributed by atoms with Gasteiger partial charge >= 0.3 is 0 Å². The van der Waals surface area contributed by atoms with Gasteiger partial charge < -0.3 is 16.0 Å². The van der Waals surface area contributed by atoms with Gasteiger partial charge in [-0.2, -0.15) is 5.10 Å². The van der Waals surface area contributed by atoms with Crippen LogP contribution in [0.25, 0.3) is 11.1 Å². The fourth-order valence-electron chi connectivity index (χ4n) is 4.35. The Labute approximate surface area is 188 Å². The van der Waals surface area contributed by atoms with Gasteiger partial charge in [-0.25, -0.2) is 17.6 Å². The number of benzene rings is 2. The molecular weight excluding hydrogens is 438 g/mol. The minimum absolute atomic E-state index is 0.0556. The van der Waals surface area contributed by atoms with Crippen LogP contribution in [0.1, 0.15) is 23.7 Å². The SMILES string of the molecule is C[C@@H]1C[C@H](N)CN(c2c(NC(=O)c3ccc(F)c(-c4c(F)cccc4F)c3F)cnn2C)C1. The molecular formula is C23H23F4N5O. The second-order valence-electron chi connectivity index (χ2n) is 8.35. The molecule has 2 heterocycles. The zero-order valence-electron chi connectivity index (χ0n) is 18.1. The van der Waals surface area contributed by atoms with E-state index >= 15 is 4.39 Å². The molecule has 1 saturated heterocycles. The molecule has 3 aromatic rings. The minimum Gasteiger partial charge on any atom is -0.353 e. The van der Waals surface area contributed by atoms with E-state index in [0.29, 0.717) is 30.5 Å². The van der Waals surface area contributed by atoms with Crippen LogP contribution in [0.5, 0.6) is 0 Å². The Morgan fingerprint density at radius 2 is 1.73 bits per heavy atom. The fraction of sp³-hybridized carbons (Fsp3) is 0.304. The number of hydrogen-bond acceptors (Lipinski definition) is 4. The predicted octanol–water partition coefficient (Wildman–Crippen LogP) is 4.07. The van der Waals surface area contributed by atoms with E-state index in [4.69, 9.17) is 5.73 Å². The molecule has 0 aliphatic carbocycles. The van der Waals surface area contributed by atoms with Gasteiger partial charge in [0, 0.05) is 26.2 Å². The summed E-state index contributed by atoms with van der Waals surface area (Å²) in [6.07, 6.45) is 2.28. The van der Waals surface area contributed by atoms with Crippen LogP contribution in [-0.4, -0.2) is 34.8 Å². The van der Waals surface area contributed by atoms with Crippen LogP contribution < -0.4 is 16.0 Å². The topological polar surface area (TPSA) is 76.2 Å². The average Bonchev–Trinajstić information content (AvgIpc) is 3.09. The third-order valence-corrected chi connectivity index (χ3v) is 5.70. The van der Waals surface area contributed by atoms with Crippen LogP contribution in [-0.2, 0) is 7.05 Å². The fourth-order valence-corrected chi connectivity index (χ4v) is 4.35. The maximum atomic E-state index is 15.2. The number of nitrogens with two attached hydrogens (primary N) is 1. The predicted molar refractivity (Wildman–Crippen MR) is 117 cm³/mol. The normalized spacial score (nSPS) is 18.5. The summed E-state index contributed by atoms with van der Waals surface area (Å²) in [7, 11) is 1.70. The number of halogens is 4.